The van der Waals surface area contributed by atoms with E-state index in [9.17, 15) is 4.79 Å². The lowest BCUT2D eigenvalue weighted by molar-refractivity contribution is 0.0690. The second-order valence-corrected chi connectivity index (χ2v) is 6.07. The van der Waals surface area contributed by atoms with Crippen molar-refractivity contribution in [1.82, 2.24) is 4.98 Å². The van der Waals surface area contributed by atoms with E-state index in [1.54, 1.807) is 0 Å². The van der Waals surface area contributed by atoms with Crippen LogP contribution in [0.25, 0.3) is 11.3 Å². The van der Waals surface area contributed by atoms with E-state index in [-0.39, 0.29) is 47.1 Å². The van der Waals surface area contributed by atoms with Crippen molar-refractivity contribution in [2.75, 3.05) is 0 Å². The van der Waals surface area contributed by atoms with E-state index < -0.39 is 5.97 Å². The minimum atomic E-state index is -1.23. The average molecular weight is 406 g/mol. The van der Waals surface area contributed by atoms with E-state index in [0.717, 1.165) is 0 Å². The predicted octanol–water partition coefficient (Wildman–Crippen LogP) is 6.37. The molecular formula is C12H3Cl6NO2. The summed E-state index contributed by atoms with van der Waals surface area (Å²) in [5.41, 5.74) is -0.0680. The summed E-state index contributed by atoms with van der Waals surface area (Å²) < 4.78 is 0. The fourth-order valence-corrected chi connectivity index (χ4v) is 3.07. The molecule has 0 radical (unpaired) electrons. The summed E-state index contributed by atoms with van der Waals surface area (Å²) >= 11 is 36.1. The van der Waals surface area contributed by atoms with Gasteiger partial charge in [-0.2, -0.15) is 0 Å². The maximum absolute atomic E-state index is 11.0. The van der Waals surface area contributed by atoms with Crippen molar-refractivity contribution in [3.63, 3.8) is 0 Å². The molecule has 3 nitrogen and oxygen atoms in total. The highest BCUT2D eigenvalue weighted by Gasteiger charge is 2.23. The van der Waals surface area contributed by atoms with Crippen LogP contribution in [0.5, 0.6) is 0 Å². The molecule has 2 aromatic rings. The van der Waals surface area contributed by atoms with Crippen molar-refractivity contribution >= 4 is 75.6 Å². The second kappa shape index (κ2) is 6.37. The van der Waals surface area contributed by atoms with Crippen LogP contribution in [-0.4, -0.2) is 16.1 Å². The van der Waals surface area contributed by atoms with Gasteiger partial charge in [-0.1, -0.05) is 69.6 Å². The van der Waals surface area contributed by atoms with Crippen molar-refractivity contribution in [2.45, 2.75) is 0 Å². The summed E-state index contributed by atoms with van der Waals surface area (Å²) in [6.45, 7) is 0. The Morgan fingerprint density at radius 3 is 1.81 bits per heavy atom. The van der Waals surface area contributed by atoms with E-state index >= 15 is 0 Å². The quantitative estimate of drug-likeness (QED) is 0.466. The Morgan fingerprint density at radius 2 is 1.33 bits per heavy atom. The molecule has 1 N–H and O–H groups in total. The number of aromatic nitrogens is 1. The Kier molecular flexibility index (Phi) is 5.14. The summed E-state index contributed by atoms with van der Waals surface area (Å²) in [5, 5.41) is 9.03. The summed E-state index contributed by atoms with van der Waals surface area (Å²) in [6.07, 6.45) is 0. The molecule has 0 atom stereocenters. The third-order valence-corrected chi connectivity index (χ3v) is 5.09. The molecular weight excluding hydrogens is 403 g/mol. The van der Waals surface area contributed by atoms with Gasteiger partial charge >= 0.3 is 5.97 Å². The van der Waals surface area contributed by atoms with Gasteiger partial charge in [-0.3, -0.25) is 0 Å². The zero-order chi connectivity index (χ0) is 15.9. The fourth-order valence-electron chi connectivity index (χ4n) is 1.55. The van der Waals surface area contributed by atoms with Crippen LogP contribution in [0.1, 0.15) is 10.5 Å². The van der Waals surface area contributed by atoms with Crippen LogP contribution in [0.15, 0.2) is 12.1 Å². The highest BCUT2D eigenvalue weighted by Crippen LogP contribution is 2.48. The number of hydrogen-bond donors (Lipinski definition) is 1. The number of carboxylic acids is 1. The first kappa shape index (κ1) is 16.9. The van der Waals surface area contributed by atoms with Gasteiger partial charge in [-0.15, -0.1) is 0 Å². The molecule has 0 aliphatic heterocycles. The van der Waals surface area contributed by atoms with Crippen LogP contribution in [0.2, 0.25) is 30.1 Å². The van der Waals surface area contributed by atoms with E-state index in [0.29, 0.717) is 0 Å². The van der Waals surface area contributed by atoms with Crippen LogP contribution < -0.4 is 0 Å². The van der Waals surface area contributed by atoms with Gasteiger partial charge in [0, 0.05) is 5.56 Å². The molecule has 0 unspecified atom stereocenters. The zero-order valence-corrected chi connectivity index (χ0v) is 14.3. The highest BCUT2D eigenvalue weighted by molar-refractivity contribution is 6.56. The van der Waals surface area contributed by atoms with Gasteiger partial charge in [0.15, 0.2) is 0 Å². The molecule has 0 spiro atoms. The van der Waals surface area contributed by atoms with Crippen molar-refractivity contribution in [1.29, 1.82) is 0 Å². The monoisotopic (exact) mass is 403 g/mol. The number of halogens is 6. The van der Waals surface area contributed by atoms with Crippen LogP contribution in [0, 0.1) is 0 Å². The van der Waals surface area contributed by atoms with Gasteiger partial charge in [0.25, 0.3) is 0 Å². The first-order valence-electron chi connectivity index (χ1n) is 5.17. The van der Waals surface area contributed by atoms with Crippen LogP contribution in [0.3, 0.4) is 0 Å². The van der Waals surface area contributed by atoms with E-state index in [4.69, 9.17) is 74.7 Å². The Morgan fingerprint density at radius 1 is 0.857 bits per heavy atom. The number of aromatic carboxylic acids is 1. The molecule has 110 valence electrons. The number of hydrogen-bond acceptors (Lipinski definition) is 2. The summed E-state index contributed by atoms with van der Waals surface area (Å²) in [6, 6.07) is 2.60. The number of carbonyl (C=O) groups is 1. The normalized spacial score (nSPS) is 10.8. The molecule has 21 heavy (non-hydrogen) atoms. The number of pyridine rings is 1. The van der Waals surface area contributed by atoms with E-state index in [1.807, 2.05) is 0 Å². The SMILES string of the molecule is O=C(O)c1ccc(Cl)c(-c2c(Cl)c(Cl)c(Cl)c(Cl)c2Cl)n1. The van der Waals surface area contributed by atoms with E-state index in [1.165, 1.54) is 12.1 Å². The lowest BCUT2D eigenvalue weighted by Crippen LogP contribution is -2.02. The van der Waals surface area contributed by atoms with Crippen molar-refractivity contribution in [2.24, 2.45) is 0 Å². The third-order valence-electron chi connectivity index (χ3n) is 2.51. The minimum absolute atomic E-state index is 0.0115. The van der Waals surface area contributed by atoms with Crippen LogP contribution in [0.4, 0.5) is 0 Å². The minimum Gasteiger partial charge on any atom is -0.477 e. The predicted molar refractivity (Wildman–Crippen MR) is 86.7 cm³/mol. The summed E-state index contributed by atoms with van der Waals surface area (Å²) in [5.74, 6) is -1.23. The van der Waals surface area contributed by atoms with Crippen molar-refractivity contribution < 1.29 is 9.90 Å². The maximum atomic E-state index is 11.0. The number of benzene rings is 1. The van der Waals surface area contributed by atoms with Gasteiger partial charge in [-0.25, -0.2) is 9.78 Å². The molecule has 0 saturated carbocycles. The molecule has 0 saturated heterocycles. The topological polar surface area (TPSA) is 50.2 Å². The third kappa shape index (κ3) is 3.04. The smallest absolute Gasteiger partial charge is 0.354 e. The van der Waals surface area contributed by atoms with Crippen LogP contribution in [-0.2, 0) is 0 Å². The summed E-state index contributed by atoms with van der Waals surface area (Å²) in [7, 11) is 0. The highest BCUT2D eigenvalue weighted by atomic mass is 35.5. The van der Waals surface area contributed by atoms with Crippen molar-refractivity contribution in [3.05, 3.63) is 48.0 Å². The van der Waals surface area contributed by atoms with Gasteiger partial charge in [0.05, 0.1) is 35.8 Å². The molecule has 9 heteroatoms. The molecule has 2 rings (SSSR count). The molecule has 1 aromatic heterocycles. The molecule has 1 aromatic carbocycles. The Balaban J connectivity index is 2.85. The molecule has 0 amide bonds. The van der Waals surface area contributed by atoms with E-state index in [2.05, 4.69) is 4.98 Å². The van der Waals surface area contributed by atoms with Crippen molar-refractivity contribution in [3.8, 4) is 11.3 Å². The Hall–Kier alpha value is -0.420. The Bertz CT molecular complexity index is 733. The van der Waals surface area contributed by atoms with Gasteiger partial charge in [0.1, 0.15) is 5.69 Å². The molecule has 1 heterocycles. The Labute approximate surface area is 149 Å². The van der Waals surface area contributed by atoms with Crippen LogP contribution >= 0.6 is 69.6 Å². The van der Waals surface area contributed by atoms with Gasteiger partial charge in [0.2, 0.25) is 0 Å². The number of carboxylic acid groups (broad SMARTS) is 1. The first-order valence-corrected chi connectivity index (χ1v) is 7.44. The lowest BCUT2D eigenvalue weighted by Gasteiger charge is -2.13. The molecule has 0 aliphatic rings. The molecule has 0 fully saturated rings. The first-order chi connectivity index (χ1) is 9.75. The second-order valence-electron chi connectivity index (χ2n) is 3.78. The average Bonchev–Trinajstić information content (AvgIpc) is 2.45. The fraction of sp³-hybridized carbons (Fsp3) is 0. The van der Waals surface area contributed by atoms with Gasteiger partial charge < -0.3 is 5.11 Å². The molecule has 0 aliphatic carbocycles. The number of rotatable bonds is 2. The summed E-state index contributed by atoms with van der Waals surface area (Å²) in [4.78, 5) is 14.9. The largest absolute Gasteiger partial charge is 0.477 e. The standard InChI is InChI=1S/C12H3Cl6NO2/c13-3-1-2-4(12(20)21)19-11(3)5-6(14)8(16)10(18)9(17)7(5)15/h1-2H,(H,20,21). The van der Waals surface area contributed by atoms with Gasteiger partial charge in [-0.05, 0) is 12.1 Å². The maximum Gasteiger partial charge on any atom is 0.354 e. The number of nitrogens with zero attached hydrogens (tertiary/aromatic N) is 1. The lowest BCUT2D eigenvalue weighted by atomic mass is 10.1. The molecule has 0 bridgehead atoms. The zero-order valence-electron chi connectivity index (χ0n) is 9.73.